The summed E-state index contributed by atoms with van der Waals surface area (Å²) in [4.78, 5) is 14.0. The van der Waals surface area contributed by atoms with E-state index < -0.39 is 0 Å². The highest BCUT2D eigenvalue weighted by Crippen LogP contribution is 2.23. The zero-order valence-electron chi connectivity index (χ0n) is 14.4. The van der Waals surface area contributed by atoms with Gasteiger partial charge < -0.3 is 19.5 Å². The highest BCUT2D eigenvalue weighted by atomic mass is 16.5. The molecule has 0 spiro atoms. The molecule has 1 aromatic carbocycles. The molecule has 1 aliphatic heterocycles. The number of aromatic nitrogens is 1. The van der Waals surface area contributed by atoms with E-state index in [4.69, 9.17) is 14.5 Å². The van der Waals surface area contributed by atoms with Gasteiger partial charge in [-0.3, -0.25) is 0 Å². The number of hydrogen-bond acceptors (Lipinski definition) is 5. The molecule has 25 heavy (non-hydrogen) atoms. The lowest BCUT2D eigenvalue weighted by atomic mass is 10.1. The molecular formula is C18H20N4O3. The maximum atomic E-state index is 12.3. The lowest BCUT2D eigenvalue weighted by molar-refractivity contribution is 0.0436. The average Bonchev–Trinajstić information content (AvgIpc) is 2.89. The Morgan fingerprint density at radius 1 is 1.40 bits per heavy atom. The number of nitriles is 1. The van der Waals surface area contributed by atoms with Crippen molar-refractivity contribution in [3.05, 3.63) is 46.8 Å². The number of rotatable bonds is 4. The molecule has 0 saturated carbocycles. The number of carbonyl (C=O) groups is 1. The Hall–Kier alpha value is -3.01. The lowest BCUT2D eigenvalue weighted by Gasteiger charge is -2.39. The summed E-state index contributed by atoms with van der Waals surface area (Å²) in [5, 5.41) is 15.7. The molecule has 3 rings (SSSR count). The van der Waals surface area contributed by atoms with E-state index >= 15 is 0 Å². The maximum absolute atomic E-state index is 12.3. The molecule has 1 fully saturated rings. The molecule has 0 unspecified atom stereocenters. The van der Waals surface area contributed by atoms with Crippen LogP contribution in [-0.4, -0.2) is 35.3 Å². The van der Waals surface area contributed by atoms with E-state index in [-0.39, 0.29) is 18.2 Å². The van der Waals surface area contributed by atoms with Crippen LogP contribution in [0.1, 0.15) is 35.5 Å². The lowest BCUT2D eigenvalue weighted by Crippen LogP contribution is -2.59. The summed E-state index contributed by atoms with van der Waals surface area (Å²) in [5.74, 6) is 1.42. The Morgan fingerprint density at radius 3 is 2.64 bits per heavy atom. The quantitative estimate of drug-likeness (QED) is 0.924. The number of hydrogen-bond donors (Lipinski definition) is 1. The van der Waals surface area contributed by atoms with Gasteiger partial charge in [0, 0.05) is 5.56 Å². The van der Waals surface area contributed by atoms with Crippen LogP contribution < -0.4 is 10.1 Å². The van der Waals surface area contributed by atoms with Gasteiger partial charge in [-0.05, 0) is 45.0 Å². The summed E-state index contributed by atoms with van der Waals surface area (Å²) >= 11 is 0. The third kappa shape index (κ3) is 3.58. The predicted octanol–water partition coefficient (Wildman–Crippen LogP) is 2.70. The predicted molar refractivity (Wildman–Crippen MR) is 90.1 cm³/mol. The van der Waals surface area contributed by atoms with Gasteiger partial charge in [0.15, 0.2) is 0 Å². The van der Waals surface area contributed by atoms with Crippen molar-refractivity contribution in [1.29, 1.82) is 5.26 Å². The Morgan fingerprint density at radius 2 is 2.08 bits per heavy atom. The standard InChI is InChI=1S/C18H20N4O3/c1-11(17-12(2)21-25-13(17)3)20-18(23)22-9-16(10-22)24-15-6-4-14(8-19)5-7-15/h4-7,11,16H,9-10H2,1-3H3,(H,20,23)/t11-/m0/s1. The second-order valence-electron chi connectivity index (χ2n) is 6.19. The molecule has 1 aromatic heterocycles. The van der Waals surface area contributed by atoms with Crippen molar-refractivity contribution in [1.82, 2.24) is 15.4 Å². The van der Waals surface area contributed by atoms with Crippen LogP contribution in [0.2, 0.25) is 0 Å². The summed E-state index contributed by atoms with van der Waals surface area (Å²) in [6.07, 6.45) is -0.0342. The second kappa shape index (κ2) is 6.85. The van der Waals surface area contributed by atoms with Crippen molar-refractivity contribution in [3.8, 4) is 11.8 Å². The number of benzene rings is 1. The minimum Gasteiger partial charge on any atom is -0.487 e. The molecule has 0 aliphatic carbocycles. The van der Waals surface area contributed by atoms with Crippen LogP contribution in [0, 0.1) is 25.2 Å². The number of ether oxygens (including phenoxy) is 1. The van der Waals surface area contributed by atoms with Crippen molar-refractivity contribution < 1.29 is 14.1 Å². The van der Waals surface area contributed by atoms with E-state index in [0.717, 1.165) is 17.0 Å². The number of amides is 2. The van der Waals surface area contributed by atoms with Gasteiger partial charge in [-0.2, -0.15) is 5.26 Å². The van der Waals surface area contributed by atoms with Gasteiger partial charge in [0.25, 0.3) is 0 Å². The molecule has 130 valence electrons. The van der Waals surface area contributed by atoms with Gasteiger partial charge in [-0.1, -0.05) is 5.16 Å². The van der Waals surface area contributed by atoms with Crippen molar-refractivity contribution in [2.24, 2.45) is 0 Å². The van der Waals surface area contributed by atoms with Crippen LogP contribution in [0.4, 0.5) is 4.79 Å². The second-order valence-corrected chi connectivity index (χ2v) is 6.19. The molecule has 2 heterocycles. The summed E-state index contributed by atoms with van der Waals surface area (Å²) in [7, 11) is 0. The zero-order chi connectivity index (χ0) is 18.0. The first-order valence-electron chi connectivity index (χ1n) is 8.13. The molecule has 0 radical (unpaired) electrons. The number of nitrogens with one attached hydrogen (secondary N) is 1. The number of urea groups is 1. The van der Waals surface area contributed by atoms with Gasteiger partial charge in [0.2, 0.25) is 0 Å². The van der Waals surface area contributed by atoms with Gasteiger partial charge in [0.05, 0.1) is 36.5 Å². The van der Waals surface area contributed by atoms with Gasteiger partial charge in [0.1, 0.15) is 17.6 Å². The number of likely N-dealkylation sites (tertiary alicyclic amines) is 1. The fourth-order valence-electron chi connectivity index (χ4n) is 2.94. The monoisotopic (exact) mass is 340 g/mol. The SMILES string of the molecule is Cc1noc(C)c1[C@H](C)NC(=O)N1CC(Oc2ccc(C#N)cc2)C1. The van der Waals surface area contributed by atoms with Gasteiger partial charge >= 0.3 is 6.03 Å². The van der Waals surface area contributed by atoms with Crippen LogP contribution in [0.15, 0.2) is 28.8 Å². The summed E-state index contributed by atoms with van der Waals surface area (Å²) < 4.78 is 10.9. The van der Waals surface area contributed by atoms with E-state index in [9.17, 15) is 4.79 Å². The van der Waals surface area contributed by atoms with Crippen molar-refractivity contribution >= 4 is 6.03 Å². The minimum absolute atomic E-state index is 0.0342. The minimum atomic E-state index is -0.169. The molecular weight excluding hydrogens is 320 g/mol. The van der Waals surface area contributed by atoms with Crippen LogP contribution in [0.3, 0.4) is 0 Å². The van der Waals surface area contributed by atoms with E-state index in [1.165, 1.54) is 0 Å². The topological polar surface area (TPSA) is 91.4 Å². The average molecular weight is 340 g/mol. The van der Waals surface area contributed by atoms with E-state index in [2.05, 4.69) is 16.5 Å². The third-order valence-corrected chi connectivity index (χ3v) is 4.28. The maximum Gasteiger partial charge on any atom is 0.318 e. The zero-order valence-corrected chi connectivity index (χ0v) is 14.4. The van der Waals surface area contributed by atoms with Crippen molar-refractivity contribution in [2.45, 2.75) is 32.9 Å². The van der Waals surface area contributed by atoms with Crippen molar-refractivity contribution in [3.63, 3.8) is 0 Å². The van der Waals surface area contributed by atoms with Crippen LogP contribution in [0.25, 0.3) is 0 Å². The number of aryl methyl sites for hydroxylation is 2. The summed E-state index contributed by atoms with van der Waals surface area (Å²) in [5.41, 5.74) is 2.30. The van der Waals surface area contributed by atoms with E-state index in [0.29, 0.717) is 24.4 Å². The Kier molecular flexibility index (Phi) is 4.61. The van der Waals surface area contributed by atoms with E-state index in [1.807, 2.05) is 20.8 Å². The normalized spacial score (nSPS) is 15.2. The smallest absolute Gasteiger partial charge is 0.318 e. The van der Waals surface area contributed by atoms with Gasteiger partial charge in [-0.25, -0.2) is 4.79 Å². The van der Waals surface area contributed by atoms with Crippen LogP contribution >= 0.6 is 0 Å². The Labute approximate surface area is 146 Å². The molecule has 1 atom stereocenters. The molecule has 7 heteroatoms. The van der Waals surface area contributed by atoms with Crippen LogP contribution in [-0.2, 0) is 0 Å². The van der Waals surface area contributed by atoms with E-state index in [1.54, 1.807) is 29.2 Å². The fraction of sp³-hybridized carbons (Fsp3) is 0.389. The van der Waals surface area contributed by atoms with Crippen molar-refractivity contribution in [2.75, 3.05) is 13.1 Å². The summed E-state index contributed by atoms with van der Waals surface area (Å²) in [6.45, 7) is 6.66. The molecule has 1 saturated heterocycles. The first-order chi connectivity index (χ1) is 12.0. The highest BCUT2D eigenvalue weighted by molar-refractivity contribution is 5.75. The first-order valence-corrected chi connectivity index (χ1v) is 8.13. The Balaban J connectivity index is 1.49. The highest BCUT2D eigenvalue weighted by Gasteiger charge is 2.33. The third-order valence-electron chi connectivity index (χ3n) is 4.28. The number of nitrogens with zero attached hydrogens (tertiary/aromatic N) is 3. The molecule has 1 N–H and O–H groups in total. The molecule has 2 aromatic rings. The number of carbonyl (C=O) groups excluding carboxylic acids is 1. The largest absolute Gasteiger partial charge is 0.487 e. The molecule has 2 amide bonds. The first kappa shape index (κ1) is 16.8. The van der Waals surface area contributed by atoms with Crippen LogP contribution in [0.5, 0.6) is 5.75 Å². The molecule has 1 aliphatic rings. The fourth-order valence-corrected chi connectivity index (χ4v) is 2.94. The summed E-state index contributed by atoms with van der Waals surface area (Å²) in [6, 6.07) is 8.72. The Bertz CT molecular complexity index is 781. The molecule has 7 nitrogen and oxygen atoms in total. The van der Waals surface area contributed by atoms with Gasteiger partial charge in [-0.15, -0.1) is 0 Å². The molecule has 0 bridgehead atoms.